The van der Waals surface area contributed by atoms with E-state index in [9.17, 15) is 4.79 Å². The third-order valence-electron chi connectivity index (χ3n) is 5.22. The first-order chi connectivity index (χ1) is 14.6. The summed E-state index contributed by atoms with van der Waals surface area (Å²) < 4.78 is 8.19. The molecule has 5 heteroatoms. The molecule has 0 aliphatic heterocycles. The van der Waals surface area contributed by atoms with Gasteiger partial charge in [-0.15, -0.1) is 0 Å². The van der Waals surface area contributed by atoms with Crippen LogP contribution in [0.1, 0.15) is 36.7 Å². The van der Waals surface area contributed by atoms with Gasteiger partial charge in [-0.05, 0) is 75.1 Å². The van der Waals surface area contributed by atoms with Gasteiger partial charge in [0.05, 0.1) is 17.6 Å². The predicted molar refractivity (Wildman–Crippen MR) is 122 cm³/mol. The molecular weight excluding hydrogens is 374 g/mol. The molecule has 158 valence electrons. The van der Waals surface area contributed by atoms with Gasteiger partial charge in [-0.3, -0.25) is 4.79 Å². The van der Waals surface area contributed by atoms with Gasteiger partial charge in [0, 0.05) is 19.5 Å². The molecule has 0 aliphatic carbocycles. The normalized spacial score (nSPS) is 11.3. The number of benzene rings is 2. The highest BCUT2D eigenvalue weighted by Crippen LogP contribution is 2.19. The Morgan fingerprint density at radius 3 is 2.77 bits per heavy atom. The minimum atomic E-state index is -0.0661. The molecule has 1 heterocycles. The van der Waals surface area contributed by atoms with Crippen LogP contribution in [-0.4, -0.2) is 28.6 Å². The van der Waals surface area contributed by atoms with Gasteiger partial charge < -0.3 is 14.6 Å². The average molecular weight is 406 g/mol. The van der Waals surface area contributed by atoms with E-state index in [1.165, 1.54) is 11.1 Å². The number of fused-ring (bicyclic) bond motifs is 1. The van der Waals surface area contributed by atoms with E-state index in [2.05, 4.69) is 41.9 Å². The van der Waals surface area contributed by atoms with E-state index in [1.54, 1.807) is 12.2 Å². The number of aromatic nitrogens is 2. The van der Waals surface area contributed by atoms with E-state index in [-0.39, 0.29) is 5.91 Å². The van der Waals surface area contributed by atoms with Gasteiger partial charge in [0.15, 0.2) is 0 Å². The van der Waals surface area contributed by atoms with Crippen molar-refractivity contribution in [2.75, 3.05) is 13.2 Å². The van der Waals surface area contributed by atoms with E-state index in [1.807, 2.05) is 31.2 Å². The minimum absolute atomic E-state index is 0.0661. The molecule has 0 spiro atoms. The second-order valence-electron chi connectivity index (χ2n) is 7.51. The summed E-state index contributed by atoms with van der Waals surface area (Å²) in [6.07, 6.45) is 5.96. The number of imidazole rings is 1. The number of carbonyl (C=O) groups is 1. The van der Waals surface area contributed by atoms with Crippen molar-refractivity contribution in [2.45, 2.75) is 46.6 Å². The molecule has 30 heavy (non-hydrogen) atoms. The number of para-hydroxylation sites is 2. The maximum Gasteiger partial charge on any atom is 0.243 e. The van der Waals surface area contributed by atoms with Crippen LogP contribution in [0.15, 0.2) is 54.6 Å². The Labute approximate surface area is 178 Å². The zero-order chi connectivity index (χ0) is 21.3. The summed E-state index contributed by atoms with van der Waals surface area (Å²) in [6.45, 7) is 8.21. The van der Waals surface area contributed by atoms with Gasteiger partial charge in [0.2, 0.25) is 5.91 Å². The Bertz CT molecular complexity index is 1020. The van der Waals surface area contributed by atoms with Crippen molar-refractivity contribution in [1.29, 1.82) is 0 Å². The Kier molecular flexibility index (Phi) is 7.66. The number of hydrogen-bond donors (Lipinski definition) is 1. The number of rotatable bonds is 10. The first-order valence-corrected chi connectivity index (χ1v) is 10.6. The second kappa shape index (κ2) is 10.6. The molecule has 0 fully saturated rings. The van der Waals surface area contributed by atoms with Gasteiger partial charge >= 0.3 is 0 Å². The van der Waals surface area contributed by atoms with Crippen molar-refractivity contribution in [1.82, 2.24) is 14.9 Å². The monoisotopic (exact) mass is 405 g/mol. The Balaban J connectivity index is 1.56. The molecule has 3 aromatic rings. The largest absolute Gasteiger partial charge is 0.494 e. The molecule has 1 N–H and O–H groups in total. The molecule has 5 nitrogen and oxygen atoms in total. The van der Waals surface area contributed by atoms with Crippen LogP contribution in [0.25, 0.3) is 11.0 Å². The van der Waals surface area contributed by atoms with Gasteiger partial charge in [-0.25, -0.2) is 4.98 Å². The second-order valence-corrected chi connectivity index (χ2v) is 7.51. The lowest BCUT2D eigenvalue weighted by atomic mass is 10.1. The maximum atomic E-state index is 11.7. The molecule has 0 saturated heterocycles. The number of ether oxygens (including phenoxy) is 1. The number of carbonyl (C=O) groups excluding carboxylic acids is 1. The lowest BCUT2D eigenvalue weighted by Crippen LogP contribution is -2.24. The molecule has 0 radical (unpaired) electrons. The van der Waals surface area contributed by atoms with Gasteiger partial charge in [-0.2, -0.15) is 0 Å². The smallest absolute Gasteiger partial charge is 0.243 e. The fourth-order valence-electron chi connectivity index (χ4n) is 3.44. The summed E-state index contributed by atoms with van der Waals surface area (Å²) in [4.78, 5) is 16.4. The summed E-state index contributed by atoms with van der Waals surface area (Å²) in [6, 6.07) is 14.4. The number of amides is 1. The summed E-state index contributed by atoms with van der Waals surface area (Å²) in [5.41, 5.74) is 4.67. The van der Waals surface area contributed by atoms with Crippen LogP contribution in [0, 0.1) is 13.8 Å². The number of unbranched alkanes of at least 4 members (excludes halogenated alkanes) is 1. The molecular formula is C25H31N3O2. The molecule has 0 atom stereocenters. The minimum Gasteiger partial charge on any atom is -0.494 e. The third-order valence-corrected chi connectivity index (χ3v) is 5.22. The lowest BCUT2D eigenvalue weighted by Gasteiger charge is -2.11. The summed E-state index contributed by atoms with van der Waals surface area (Å²) >= 11 is 0. The molecule has 1 amide bonds. The van der Waals surface area contributed by atoms with Gasteiger partial charge in [0.25, 0.3) is 0 Å². The summed E-state index contributed by atoms with van der Waals surface area (Å²) in [5.74, 6) is 1.87. The molecule has 1 aromatic heterocycles. The van der Waals surface area contributed by atoms with E-state index in [0.717, 1.165) is 42.0 Å². The van der Waals surface area contributed by atoms with Crippen molar-refractivity contribution < 1.29 is 9.53 Å². The quantitative estimate of drug-likeness (QED) is 0.391. The van der Waals surface area contributed by atoms with E-state index in [0.29, 0.717) is 19.6 Å². The van der Waals surface area contributed by atoms with Gasteiger partial charge in [0.1, 0.15) is 11.6 Å². The van der Waals surface area contributed by atoms with E-state index < -0.39 is 0 Å². The first-order valence-electron chi connectivity index (χ1n) is 10.6. The average Bonchev–Trinajstić information content (AvgIpc) is 3.08. The lowest BCUT2D eigenvalue weighted by molar-refractivity contribution is -0.116. The Hall–Kier alpha value is -3.08. The Morgan fingerprint density at radius 1 is 1.13 bits per heavy atom. The zero-order valence-corrected chi connectivity index (χ0v) is 18.1. The molecule has 2 aromatic carbocycles. The maximum absolute atomic E-state index is 11.7. The first kappa shape index (κ1) is 21.6. The highest BCUT2D eigenvalue weighted by atomic mass is 16.5. The van der Waals surface area contributed by atoms with E-state index in [4.69, 9.17) is 9.72 Å². The number of allylic oxidation sites excluding steroid dienone is 1. The summed E-state index contributed by atoms with van der Waals surface area (Å²) in [7, 11) is 0. The van der Waals surface area contributed by atoms with Crippen molar-refractivity contribution in [3.8, 4) is 5.75 Å². The molecule has 0 saturated carbocycles. The van der Waals surface area contributed by atoms with Crippen LogP contribution in [0.2, 0.25) is 0 Å². The third kappa shape index (κ3) is 5.72. The van der Waals surface area contributed by atoms with Gasteiger partial charge in [-0.1, -0.05) is 24.3 Å². The van der Waals surface area contributed by atoms with Crippen molar-refractivity contribution in [2.24, 2.45) is 0 Å². The van der Waals surface area contributed by atoms with E-state index >= 15 is 0 Å². The van der Waals surface area contributed by atoms with Crippen LogP contribution in [0.4, 0.5) is 0 Å². The zero-order valence-electron chi connectivity index (χ0n) is 18.1. The van der Waals surface area contributed by atoms with Crippen molar-refractivity contribution >= 4 is 16.9 Å². The topological polar surface area (TPSA) is 56.2 Å². The predicted octanol–water partition coefficient (Wildman–Crippen LogP) is 4.75. The van der Waals surface area contributed by atoms with Crippen molar-refractivity contribution in [3.63, 3.8) is 0 Å². The van der Waals surface area contributed by atoms with Crippen LogP contribution >= 0.6 is 0 Å². The number of nitrogens with zero attached hydrogens (tertiary/aromatic N) is 2. The highest BCUT2D eigenvalue weighted by molar-refractivity contribution is 5.87. The van der Waals surface area contributed by atoms with Crippen LogP contribution in [0.5, 0.6) is 5.75 Å². The van der Waals surface area contributed by atoms with Crippen molar-refractivity contribution in [3.05, 3.63) is 71.6 Å². The standard InChI is InChI=1S/C25H31N3O2/c1-4-9-25(29)26-15-14-24-27-22-10-5-6-11-23(22)28(24)16-7-8-17-30-21-13-12-19(2)20(3)18-21/h4-6,9-13,18H,7-8,14-17H2,1-3H3,(H,26,29)/b9-4+. The fraction of sp³-hybridized carbons (Fsp3) is 0.360. The summed E-state index contributed by atoms with van der Waals surface area (Å²) in [5, 5.41) is 2.91. The highest BCUT2D eigenvalue weighted by Gasteiger charge is 2.10. The molecule has 0 bridgehead atoms. The number of nitrogens with one attached hydrogen (secondary N) is 1. The fourth-order valence-corrected chi connectivity index (χ4v) is 3.44. The SMILES string of the molecule is C/C=C/C(=O)NCCc1nc2ccccc2n1CCCCOc1ccc(C)c(C)c1. The van der Waals surface area contributed by atoms with Crippen LogP contribution in [-0.2, 0) is 17.8 Å². The number of hydrogen-bond acceptors (Lipinski definition) is 3. The van der Waals surface area contributed by atoms with Crippen LogP contribution < -0.4 is 10.1 Å². The Morgan fingerprint density at radius 2 is 1.97 bits per heavy atom. The molecule has 0 aliphatic rings. The molecule has 3 rings (SSSR count). The molecule has 0 unspecified atom stereocenters. The van der Waals surface area contributed by atoms with Crippen LogP contribution in [0.3, 0.4) is 0 Å². The number of aryl methyl sites for hydroxylation is 3.